The second-order valence-corrected chi connectivity index (χ2v) is 5.11. The molecule has 0 aliphatic heterocycles. The maximum atomic E-state index is 6.38. The maximum absolute atomic E-state index is 6.38. The number of nitrogens with two attached hydrogens (primary N) is 1. The van der Waals surface area contributed by atoms with Crippen molar-refractivity contribution in [2.24, 2.45) is 5.73 Å². The fourth-order valence-corrected chi connectivity index (χ4v) is 2.74. The Kier molecular flexibility index (Phi) is 5.93. The molecule has 0 bridgehead atoms. The Morgan fingerprint density at radius 3 is 2.33 bits per heavy atom. The van der Waals surface area contributed by atoms with Gasteiger partial charge in [-0.25, -0.2) is 0 Å². The van der Waals surface area contributed by atoms with Crippen LogP contribution in [0.3, 0.4) is 0 Å². The zero-order valence-corrected chi connectivity index (χ0v) is 12.7. The van der Waals surface area contributed by atoms with Gasteiger partial charge < -0.3 is 10.5 Å². The van der Waals surface area contributed by atoms with E-state index in [9.17, 15) is 0 Å². The molecule has 0 aromatic heterocycles. The molecule has 1 rings (SSSR count). The lowest BCUT2D eigenvalue weighted by atomic mass is 9.84. The normalized spacial score (nSPS) is 13.7. The van der Waals surface area contributed by atoms with Crippen LogP contribution in [0.1, 0.15) is 45.2 Å². The summed E-state index contributed by atoms with van der Waals surface area (Å²) in [5.74, 6) is 0. The molecule has 0 radical (unpaired) electrons. The molecule has 0 saturated heterocycles. The lowest BCUT2D eigenvalue weighted by Gasteiger charge is -2.38. The average Bonchev–Trinajstić information content (AvgIpc) is 2.38. The topological polar surface area (TPSA) is 35.2 Å². The predicted octanol–water partition coefficient (Wildman–Crippen LogP) is 4.59. The van der Waals surface area contributed by atoms with E-state index in [1.54, 1.807) is 6.07 Å². The van der Waals surface area contributed by atoms with Gasteiger partial charge >= 0.3 is 0 Å². The molecule has 4 heteroatoms. The van der Waals surface area contributed by atoms with Crippen LogP contribution in [0.5, 0.6) is 0 Å². The Morgan fingerprint density at radius 2 is 1.83 bits per heavy atom. The van der Waals surface area contributed by atoms with Crippen LogP contribution in [0, 0.1) is 0 Å². The number of rotatable bonds is 6. The van der Waals surface area contributed by atoms with E-state index in [4.69, 9.17) is 33.7 Å². The minimum absolute atomic E-state index is 0.279. The molecule has 1 aromatic rings. The average molecular weight is 290 g/mol. The Morgan fingerprint density at radius 1 is 1.22 bits per heavy atom. The van der Waals surface area contributed by atoms with Crippen molar-refractivity contribution in [1.82, 2.24) is 0 Å². The van der Waals surface area contributed by atoms with E-state index < -0.39 is 0 Å². The third-order valence-electron chi connectivity index (χ3n) is 3.51. The van der Waals surface area contributed by atoms with E-state index in [-0.39, 0.29) is 11.6 Å². The maximum Gasteiger partial charge on any atom is 0.0869 e. The van der Waals surface area contributed by atoms with Crippen molar-refractivity contribution >= 4 is 23.2 Å². The van der Waals surface area contributed by atoms with E-state index in [2.05, 4.69) is 13.8 Å². The molecule has 2 N–H and O–H groups in total. The smallest absolute Gasteiger partial charge is 0.0869 e. The van der Waals surface area contributed by atoms with Crippen LogP contribution in [-0.2, 0) is 4.74 Å². The summed E-state index contributed by atoms with van der Waals surface area (Å²) in [4.78, 5) is 0. The van der Waals surface area contributed by atoms with Crippen LogP contribution >= 0.6 is 23.2 Å². The van der Waals surface area contributed by atoms with Crippen molar-refractivity contribution in [3.05, 3.63) is 33.8 Å². The van der Waals surface area contributed by atoms with E-state index in [1.165, 1.54) is 0 Å². The van der Waals surface area contributed by atoms with Crippen molar-refractivity contribution in [1.29, 1.82) is 0 Å². The van der Waals surface area contributed by atoms with Crippen LogP contribution in [0.25, 0.3) is 0 Å². The van der Waals surface area contributed by atoms with Gasteiger partial charge in [-0.1, -0.05) is 49.2 Å². The number of halogens is 2. The third kappa shape index (κ3) is 3.00. The predicted molar refractivity (Wildman–Crippen MR) is 78.3 cm³/mol. The molecule has 18 heavy (non-hydrogen) atoms. The van der Waals surface area contributed by atoms with Crippen molar-refractivity contribution in [2.75, 3.05) is 6.61 Å². The third-order valence-corrected chi connectivity index (χ3v) is 4.35. The van der Waals surface area contributed by atoms with E-state index in [0.29, 0.717) is 16.7 Å². The summed E-state index contributed by atoms with van der Waals surface area (Å²) in [6.45, 7) is 6.77. The molecule has 0 fully saturated rings. The fraction of sp³-hybridized carbons (Fsp3) is 0.571. The largest absolute Gasteiger partial charge is 0.373 e. The summed E-state index contributed by atoms with van der Waals surface area (Å²) in [5.41, 5.74) is 6.85. The molecule has 0 spiro atoms. The lowest BCUT2D eigenvalue weighted by molar-refractivity contribution is -0.0645. The highest BCUT2D eigenvalue weighted by atomic mass is 35.5. The minimum atomic E-state index is -0.386. The van der Waals surface area contributed by atoms with Crippen molar-refractivity contribution in [3.63, 3.8) is 0 Å². The first-order valence-electron chi connectivity index (χ1n) is 6.35. The first-order valence-corrected chi connectivity index (χ1v) is 7.11. The number of benzene rings is 1. The summed E-state index contributed by atoms with van der Waals surface area (Å²) < 4.78 is 5.91. The molecule has 0 saturated carbocycles. The molecule has 1 aromatic carbocycles. The minimum Gasteiger partial charge on any atom is -0.373 e. The highest BCUT2D eigenvalue weighted by Crippen LogP contribution is 2.38. The van der Waals surface area contributed by atoms with Crippen LogP contribution in [0.15, 0.2) is 18.2 Å². The first-order chi connectivity index (χ1) is 8.52. The van der Waals surface area contributed by atoms with Crippen LogP contribution in [0.2, 0.25) is 10.0 Å². The van der Waals surface area contributed by atoms with Crippen LogP contribution < -0.4 is 5.73 Å². The van der Waals surface area contributed by atoms with Gasteiger partial charge in [-0.2, -0.15) is 0 Å². The number of ether oxygens (including phenoxy) is 1. The summed E-state index contributed by atoms with van der Waals surface area (Å²) in [6.07, 6.45) is 1.67. The summed E-state index contributed by atoms with van der Waals surface area (Å²) in [6, 6.07) is 5.27. The zero-order chi connectivity index (χ0) is 13.8. The zero-order valence-electron chi connectivity index (χ0n) is 11.2. The molecular formula is C14H21Cl2NO. The van der Waals surface area contributed by atoms with Gasteiger partial charge in [0.2, 0.25) is 0 Å². The number of hydrogen-bond acceptors (Lipinski definition) is 2. The Bertz CT molecular complexity index is 391. The quantitative estimate of drug-likeness (QED) is 0.831. The van der Waals surface area contributed by atoms with Crippen LogP contribution in [-0.4, -0.2) is 12.2 Å². The molecule has 0 aliphatic rings. The standard InChI is InChI=1S/C14H21Cl2NO/c1-4-14(5-2,18-6-3)13(17)10-8-7-9-11(15)12(10)16/h7-9,13H,4-6,17H2,1-3H3. The second-order valence-electron chi connectivity index (χ2n) is 4.33. The van der Waals surface area contributed by atoms with E-state index in [0.717, 1.165) is 18.4 Å². The lowest BCUT2D eigenvalue weighted by Crippen LogP contribution is -2.43. The van der Waals surface area contributed by atoms with Gasteiger partial charge in [-0.15, -0.1) is 0 Å². The molecule has 0 heterocycles. The molecular weight excluding hydrogens is 269 g/mol. The van der Waals surface area contributed by atoms with Gasteiger partial charge in [-0.05, 0) is 31.4 Å². The molecule has 102 valence electrons. The molecule has 0 aliphatic carbocycles. The summed E-state index contributed by atoms with van der Waals surface area (Å²) in [7, 11) is 0. The van der Waals surface area contributed by atoms with Gasteiger partial charge in [0, 0.05) is 6.61 Å². The molecule has 0 amide bonds. The van der Waals surface area contributed by atoms with Crippen molar-refractivity contribution in [2.45, 2.75) is 45.3 Å². The van der Waals surface area contributed by atoms with Gasteiger partial charge in [0.1, 0.15) is 0 Å². The van der Waals surface area contributed by atoms with Crippen molar-refractivity contribution in [3.8, 4) is 0 Å². The monoisotopic (exact) mass is 289 g/mol. The highest BCUT2D eigenvalue weighted by molar-refractivity contribution is 6.42. The Hall–Kier alpha value is -0.280. The van der Waals surface area contributed by atoms with Gasteiger partial charge in [0.25, 0.3) is 0 Å². The SMILES string of the molecule is CCOC(CC)(CC)C(N)c1cccc(Cl)c1Cl. The molecule has 1 atom stereocenters. The van der Waals surface area contributed by atoms with E-state index >= 15 is 0 Å². The number of hydrogen-bond donors (Lipinski definition) is 1. The van der Waals surface area contributed by atoms with Gasteiger partial charge in [0.15, 0.2) is 0 Å². The summed E-state index contributed by atoms with van der Waals surface area (Å²) >= 11 is 12.3. The Balaban J connectivity index is 3.17. The molecule has 1 unspecified atom stereocenters. The molecule has 2 nitrogen and oxygen atoms in total. The van der Waals surface area contributed by atoms with Gasteiger partial charge in [-0.3, -0.25) is 0 Å². The second kappa shape index (κ2) is 6.76. The fourth-order valence-electron chi connectivity index (χ4n) is 2.32. The highest BCUT2D eigenvalue weighted by Gasteiger charge is 2.36. The van der Waals surface area contributed by atoms with E-state index in [1.807, 2.05) is 19.1 Å². The van der Waals surface area contributed by atoms with Crippen molar-refractivity contribution < 1.29 is 4.74 Å². The van der Waals surface area contributed by atoms with Crippen LogP contribution in [0.4, 0.5) is 0 Å². The first kappa shape index (κ1) is 15.8. The Labute approximate surface area is 119 Å². The van der Waals surface area contributed by atoms with Gasteiger partial charge in [0.05, 0.1) is 21.7 Å². The summed E-state index contributed by atoms with van der Waals surface area (Å²) in [5, 5.41) is 1.06.